The van der Waals surface area contributed by atoms with E-state index < -0.39 is 0 Å². The fourth-order valence-electron chi connectivity index (χ4n) is 1.97. The summed E-state index contributed by atoms with van der Waals surface area (Å²) in [5.74, 6) is 0.906. The number of rotatable bonds is 1. The highest BCUT2D eigenvalue weighted by Gasteiger charge is 2.15. The van der Waals surface area contributed by atoms with Gasteiger partial charge >= 0.3 is 0 Å². The summed E-state index contributed by atoms with van der Waals surface area (Å²) in [7, 11) is 0. The summed E-state index contributed by atoms with van der Waals surface area (Å²) in [4.78, 5) is 2.19. The third-order valence-electron chi connectivity index (χ3n) is 2.85. The van der Waals surface area contributed by atoms with E-state index in [1.165, 1.54) is 0 Å². The van der Waals surface area contributed by atoms with Crippen LogP contribution in [0.15, 0.2) is 28.7 Å². The number of ether oxygens (including phenoxy) is 1. The Morgan fingerprint density at radius 2 is 1.94 bits per heavy atom. The standard InChI is InChI=1S/C12H14N2O2/c13-10-2-1-9-7-12(16-11(9)8-10)14-3-5-15-6-4-14/h1-2,7-8H,3-6,13H2. The van der Waals surface area contributed by atoms with Crippen LogP contribution in [-0.4, -0.2) is 26.3 Å². The number of furan rings is 1. The van der Waals surface area contributed by atoms with Gasteiger partial charge in [0.25, 0.3) is 0 Å². The van der Waals surface area contributed by atoms with Gasteiger partial charge in [-0.25, -0.2) is 0 Å². The van der Waals surface area contributed by atoms with Crippen molar-refractivity contribution < 1.29 is 9.15 Å². The quantitative estimate of drug-likeness (QED) is 0.742. The zero-order valence-corrected chi connectivity index (χ0v) is 8.98. The van der Waals surface area contributed by atoms with E-state index in [0.717, 1.165) is 48.8 Å². The summed E-state index contributed by atoms with van der Waals surface area (Å²) in [6.07, 6.45) is 0. The molecule has 84 valence electrons. The zero-order valence-electron chi connectivity index (χ0n) is 8.98. The van der Waals surface area contributed by atoms with E-state index in [1.807, 2.05) is 18.2 Å². The second-order valence-electron chi connectivity index (χ2n) is 3.98. The molecule has 16 heavy (non-hydrogen) atoms. The first-order valence-corrected chi connectivity index (χ1v) is 5.45. The summed E-state index contributed by atoms with van der Waals surface area (Å²) >= 11 is 0. The van der Waals surface area contributed by atoms with Crippen LogP contribution in [0.5, 0.6) is 0 Å². The molecule has 0 atom stereocenters. The fraction of sp³-hybridized carbons (Fsp3) is 0.333. The molecule has 0 unspecified atom stereocenters. The summed E-state index contributed by atoms with van der Waals surface area (Å²) in [6, 6.07) is 7.79. The Balaban J connectivity index is 1.97. The van der Waals surface area contributed by atoms with E-state index in [1.54, 1.807) is 0 Å². The van der Waals surface area contributed by atoms with Gasteiger partial charge in [-0.05, 0) is 12.1 Å². The second kappa shape index (κ2) is 3.72. The lowest BCUT2D eigenvalue weighted by molar-refractivity contribution is 0.121. The molecule has 2 heterocycles. The molecule has 1 saturated heterocycles. The number of hydrogen-bond donors (Lipinski definition) is 1. The number of morpholine rings is 1. The number of nitrogens with two attached hydrogens (primary N) is 1. The van der Waals surface area contributed by atoms with Crippen molar-refractivity contribution in [3.63, 3.8) is 0 Å². The summed E-state index contributed by atoms with van der Waals surface area (Å²) < 4.78 is 11.1. The van der Waals surface area contributed by atoms with Crippen molar-refractivity contribution in [2.24, 2.45) is 0 Å². The molecular weight excluding hydrogens is 204 g/mol. The van der Waals surface area contributed by atoms with Gasteiger partial charge in [-0.3, -0.25) is 0 Å². The molecule has 4 nitrogen and oxygen atoms in total. The smallest absolute Gasteiger partial charge is 0.196 e. The molecule has 1 aromatic heterocycles. The molecule has 1 aromatic carbocycles. The normalized spacial score (nSPS) is 16.9. The van der Waals surface area contributed by atoms with Crippen molar-refractivity contribution >= 4 is 22.5 Å². The number of fused-ring (bicyclic) bond motifs is 1. The topological polar surface area (TPSA) is 51.6 Å². The SMILES string of the molecule is Nc1ccc2cc(N3CCOCC3)oc2c1. The van der Waals surface area contributed by atoms with Crippen molar-refractivity contribution in [2.45, 2.75) is 0 Å². The van der Waals surface area contributed by atoms with Crippen LogP contribution in [0.1, 0.15) is 0 Å². The Labute approximate surface area is 93.6 Å². The van der Waals surface area contributed by atoms with Gasteiger partial charge in [-0.1, -0.05) is 0 Å². The molecule has 4 heteroatoms. The van der Waals surface area contributed by atoms with Crippen molar-refractivity contribution in [3.8, 4) is 0 Å². The highest BCUT2D eigenvalue weighted by Crippen LogP contribution is 2.27. The molecule has 0 aliphatic carbocycles. The van der Waals surface area contributed by atoms with Crippen LogP contribution in [0.2, 0.25) is 0 Å². The van der Waals surface area contributed by atoms with Gasteiger partial charge in [0.05, 0.1) is 13.2 Å². The highest BCUT2D eigenvalue weighted by molar-refractivity contribution is 5.83. The molecule has 2 N–H and O–H groups in total. The zero-order chi connectivity index (χ0) is 11.0. The molecule has 0 spiro atoms. The minimum Gasteiger partial charge on any atom is -0.440 e. The van der Waals surface area contributed by atoms with E-state index >= 15 is 0 Å². The third kappa shape index (κ3) is 1.61. The number of benzene rings is 1. The maximum atomic E-state index is 5.78. The molecule has 0 saturated carbocycles. The maximum absolute atomic E-state index is 5.78. The Morgan fingerprint density at radius 3 is 2.75 bits per heavy atom. The van der Waals surface area contributed by atoms with Crippen molar-refractivity contribution in [2.75, 3.05) is 36.9 Å². The van der Waals surface area contributed by atoms with Gasteiger partial charge < -0.3 is 19.8 Å². The van der Waals surface area contributed by atoms with Crippen LogP contribution < -0.4 is 10.6 Å². The molecule has 2 aromatic rings. The number of anilines is 2. The van der Waals surface area contributed by atoms with E-state index in [9.17, 15) is 0 Å². The van der Waals surface area contributed by atoms with Crippen LogP contribution in [0.25, 0.3) is 11.0 Å². The first-order valence-electron chi connectivity index (χ1n) is 5.45. The molecule has 0 radical (unpaired) electrons. The minimum atomic E-state index is 0.732. The number of nitrogen functional groups attached to an aromatic ring is 1. The Morgan fingerprint density at radius 1 is 1.12 bits per heavy atom. The van der Waals surface area contributed by atoms with Gasteiger partial charge in [0.15, 0.2) is 5.88 Å². The largest absolute Gasteiger partial charge is 0.440 e. The van der Waals surface area contributed by atoms with Crippen molar-refractivity contribution in [1.29, 1.82) is 0 Å². The van der Waals surface area contributed by atoms with Gasteiger partial charge in [-0.15, -0.1) is 0 Å². The van der Waals surface area contributed by atoms with Gasteiger partial charge in [0.2, 0.25) is 0 Å². The average molecular weight is 218 g/mol. The Kier molecular flexibility index (Phi) is 2.22. The molecular formula is C12H14N2O2. The van der Waals surface area contributed by atoms with Gasteiger partial charge in [-0.2, -0.15) is 0 Å². The minimum absolute atomic E-state index is 0.732. The van der Waals surface area contributed by atoms with Crippen LogP contribution in [0.4, 0.5) is 11.6 Å². The van der Waals surface area contributed by atoms with Gasteiger partial charge in [0, 0.05) is 36.3 Å². The van der Waals surface area contributed by atoms with Crippen LogP contribution >= 0.6 is 0 Å². The fourth-order valence-corrected chi connectivity index (χ4v) is 1.97. The summed E-state index contributed by atoms with van der Waals surface area (Å²) in [6.45, 7) is 3.29. The van der Waals surface area contributed by atoms with Crippen molar-refractivity contribution in [1.82, 2.24) is 0 Å². The highest BCUT2D eigenvalue weighted by atomic mass is 16.5. The Hall–Kier alpha value is -1.68. The predicted octanol–water partition coefficient (Wildman–Crippen LogP) is 1.85. The number of nitrogens with zero attached hydrogens (tertiary/aromatic N) is 1. The lowest BCUT2D eigenvalue weighted by atomic mass is 10.2. The molecule has 1 aliphatic heterocycles. The summed E-state index contributed by atoms with van der Waals surface area (Å²) in [5.41, 5.74) is 7.30. The van der Waals surface area contributed by atoms with E-state index in [4.69, 9.17) is 14.9 Å². The van der Waals surface area contributed by atoms with Crippen molar-refractivity contribution in [3.05, 3.63) is 24.3 Å². The molecule has 0 amide bonds. The van der Waals surface area contributed by atoms with Crippen LogP contribution in [0, 0.1) is 0 Å². The predicted molar refractivity (Wildman–Crippen MR) is 63.7 cm³/mol. The Bertz CT molecular complexity index is 501. The molecule has 1 aliphatic rings. The molecule has 0 bridgehead atoms. The van der Waals surface area contributed by atoms with E-state index in [0.29, 0.717) is 0 Å². The third-order valence-corrected chi connectivity index (χ3v) is 2.85. The van der Waals surface area contributed by atoms with Crippen LogP contribution in [0.3, 0.4) is 0 Å². The van der Waals surface area contributed by atoms with Crippen LogP contribution in [-0.2, 0) is 4.74 Å². The second-order valence-corrected chi connectivity index (χ2v) is 3.98. The monoisotopic (exact) mass is 218 g/mol. The molecule has 3 rings (SSSR count). The maximum Gasteiger partial charge on any atom is 0.196 e. The van der Waals surface area contributed by atoms with E-state index in [2.05, 4.69) is 11.0 Å². The van der Waals surface area contributed by atoms with E-state index in [-0.39, 0.29) is 0 Å². The van der Waals surface area contributed by atoms with Gasteiger partial charge in [0.1, 0.15) is 5.58 Å². The lowest BCUT2D eigenvalue weighted by Gasteiger charge is -2.25. The molecule has 1 fully saturated rings. The lowest BCUT2D eigenvalue weighted by Crippen LogP contribution is -2.35. The summed E-state index contributed by atoms with van der Waals surface area (Å²) in [5, 5.41) is 1.09. The first kappa shape index (κ1) is 9.54. The number of hydrogen-bond acceptors (Lipinski definition) is 4. The average Bonchev–Trinajstić information content (AvgIpc) is 2.73. The first-order chi connectivity index (χ1) is 7.83.